The molecule has 2 aliphatic carbocycles. The topological polar surface area (TPSA) is 158 Å². The van der Waals surface area contributed by atoms with Gasteiger partial charge in [-0.15, -0.1) is 6.58 Å². The highest BCUT2D eigenvalue weighted by Crippen LogP contribution is 2.62. The molecule has 354 valence electrons. The maximum absolute atomic E-state index is 13.8. The van der Waals surface area contributed by atoms with Crippen LogP contribution in [0.3, 0.4) is 0 Å². The van der Waals surface area contributed by atoms with Gasteiger partial charge in [-0.1, -0.05) is 102 Å². The van der Waals surface area contributed by atoms with Crippen LogP contribution in [0.4, 0.5) is 9.59 Å². The third-order valence-electron chi connectivity index (χ3n) is 13.3. The number of fused-ring (bicyclic) bond motifs is 2. The molecule has 13 nitrogen and oxygen atoms in total. The summed E-state index contributed by atoms with van der Waals surface area (Å²) in [5, 5.41) is 27.7. The predicted octanol–water partition coefficient (Wildman–Crippen LogP) is 10.3. The molecule has 63 heavy (non-hydrogen) atoms. The zero-order valence-electron chi connectivity index (χ0n) is 38.7. The number of hydrogen-bond acceptors (Lipinski definition) is 11. The number of ether oxygens (including phenoxy) is 5. The van der Waals surface area contributed by atoms with Crippen molar-refractivity contribution in [3.8, 4) is 11.5 Å². The second kappa shape index (κ2) is 27.0. The Hall–Kier alpha value is -3.65. The maximum atomic E-state index is 13.8. The monoisotopic (exact) mass is 882 g/mol. The molecule has 2 aliphatic heterocycles. The van der Waals surface area contributed by atoms with Crippen LogP contribution in [0.25, 0.3) is 0 Å². The standard InChI is InChI=1S/C50H79N3O10/c1-5-8-9-10-11-12-13-14-15-19-28-51-48(56)61-38-26-27-43-41(35-38)46-39(24-17-21-31-55)37(23-16-20-30-54)34-40-42(52-63-45-25-18-22-33-59-45)36-44(53(29-6-2)49(57)58-4)50(62-43,47(40)46)60-32-7-3/h7,26-27,34-35,37,39,44-47,54-55H,3,5-6,8-25,28-33,36H2,1-2,4H3,(H,51,56). The molecule has 4 aliphatic rings. The van der Waals surface area contributed by atoms with E-state index in [2.05, 4.69) is 24.9 Å². The van der Waals surface area contributed by atoms with Crippen molar-refractivity contribution in [1.29, 1.82) is 0 Å². The van der Waals surface area contributed by atoms with Crippen LogP contribution in [0, 0.1) is 17.8 Å². The summed E-state index contributed by atoms with van der Waals surface area (Å²) in [6.07, 6.45) is 22.8. The number of unbranched alkanes of at least 4 members (excludes halogenated alkanes) is 11. The summed E-state index contributed by atoms with van der Waals surface area (Å²) in [7, 11) is 1.39. The molecule has 1 saturated carbocycles. The lowest BCUT2D eigenvalue weighted by atomic mass is 9.55. The Labute approximate surface area is 377 Å². The van der Waals surface area contributed by atoms with E-state index >= 15 is 0 Å². The highest BCUT2D eigenvalue weighted by Gasteiger charge is 2.65. The van der Waals surface area contributed by atoms with E-state index in [0.717, 1.165) is 75.3 Å². The fourth-order valence-electron chi connectivity index (χ4n) is 10.3. The molecule has 0 spiro atoms. The molecule has 0 aromatic heterocycles. The Morgan fingerprint density at radius 2 is 1.68 bits per heavy atom. The molecule has 13 heteroatoms. The Kier molecular flexibility index (Phi) is 21.6. The highest BCUT2D eigenvalue weighted by molar-refractivity contribution is 6.03. The molecule has 1 aromatic carbocycles. The van der Waals surface area contributed by atoms with Crippen molar-refractivity contribution in [2.75, 3.05) is 46.6 Å². The lowest BCUT2D eigenvalue weighted by molar-refractivity contribution is -0.255. The average Bonchev–Trinajstić information content (AvgIpc) is 3.30. The molecule has 0 radical (unpaired) electrons. The number of aliphatic hydroxyl groups is 2. The van der Waals surface area contributed by atoms with E-state index in [1.165, 1.54) is 52.1 Å². The lowest BCUT2D eigenvalue weighted by Crippen LogP contribution is -2.70. The first kappa shape index (κ1) is 50.4. The SMILES string of the molecule is C=CCOC12Oc3ccc(OC(=O)NCCCCCCCCCCCC)cc3C3C(CCCCO)C(CCCCO)C=C(C(=NOC4CCCCO4)CC1N(CCC)C(=O)OC)C32. The number of nitrogens with one attached hydrogen (secondary N) is 1. The van der Waals surface area contributed by atoms with E-state index in [-0.39, 0.29) is 44.0 Å². The van der Waals surface area contributed by atoms with Crippen molar-refractivity contribution in [2.24, 2.45) is 22.9 Å². The van der Waals surface area contributed by atoms with Crippen LogP contribution in [0.5, 0.6) is 11.5 Å². The minimum absolute atomic E-state index is 0.0270. The van der Waals surface area contributed by atoms with Crippen LogP contribution >= 0.6 is 0 Å². The van der Waals surface area contributed by atoms with Crippen LogP contribution in [0.1, 0.15) is 160 Å². The predicted molar refractivity (Wildman–Crippen MR) is 245 cm³/mol. The third-order valence-corrected chi connectivity index (χ3v) is 13.3. The van der Waals surface area contributed by atoms with Gasteiger partial charge in [-0.2, -0.15) is 0 Å². The summed E-state index contributed by atoms with van der Waals surface area (Å²) < 4.78 is 31.6. The van der Waals surface area contributed by atoms with Gasteiger partial charge in [0, 0.05) is 50.6 Å². The number of rotatable bonds is 28. The number of oxime groups is 1. The number of nitrogens with zero attached hydrogens (tertiary/aromatic N) is 2. The Morgan fingerprint density at radius 1 is 0.952 bits per heavy atom. The van der Waals surface area contributed by atoms with Gasteiger partial charge in [-0.05, 0) is 87.0 Å². The normalized spacial score (nSPS) is 25.5. The summed E-state index contributed by atoms with van der Waals surface area (Å²) in [5.41, 5.74) is 2.50. The molecule has 7 atom stereocenters. The Morgan fingerprint density at radius 3 is 2.35 bits per heavy atom. The van der Waals surface area contributed by atoms with Crippen molar-refractivity contribution < 1.29 is 48.3 Å². The number of amides is 2. The van der Waals surface area contributed by atoms with Crippen molar-refractivity contribution in [3.63, 3.8) is 0 Å². The van der Waals surface area contributed by atoms with Crippen molar-refractivity contribution >= 4 is 17.9 Å². The zero-order chi connectivity index (χ0) is 44.9. The number of aliphatic hydroxyl groups excluding tert-OH is 2. The average molecular weight is 882 g/mol. The molecule has 7 unspecified atom stereocenters. The molecular formula is C50H79N3O10. The van der Waals surface area contributed by atoms with Crippen LogP contribution in [-0.4, -0.2) is 97.8 Å². The minimum Gasteiger partial charge on any atom is -0.459 e. The first-order valence-electron chi connectivity index (χ1n) is 24.5. The first-order chi connectivity index (χ1) is 30.8. The molecular weight excluding hydrogens is 803 g/mol. The number of allylic oxidation sites excluding steroid dienone is 1. The quantitative estimate of drug-likeness (QED) is 0.0420. The van der Waals surface area contributed by atoms with E-state index in [4.69, 9.17) is 33.7 Å². The number of carbonyl (C=O) groups excluding carboxylic acids is 2. The molecule has 2 fully saturated rings. The zero-order valence-corrected chi connectivity index (χ0v) is 38.7. The van der Waals surface area contributed by atoms with Gasteiger partial charge in [0.1, 0.15) is 17.5 Å². The Balaban J connectivity index is 1.53. The summed E-state index contributed by atoms with van der Waals surface area (Å²) >= 11 is 0. The maximum Gasteiger partial charge on any atom is 0.412 e. The van der Waals surface area contributed by atoms with Gasteiger partial charge in [0.15, 0.2) is 0 Å². The van der Waals surface area contributed by atoms with Crippen molar-refractivity contribution in [1.82, 2.24) is 10.2 Å². The summed E-state index contributed by atoms with van der Waals surface area (Å²) in [4.78, 5) is 35.0. The van der Waals surface area contributed by atoms with Crippen LogP contribution in [0.15, 0.2) is 47.7 Å². The molecule has 1 aromatic rings. The molecule has 3 N–H and O–H groups in total. The second-order valence-electron chi connectivity index (χ2n) is 17.8. The van der Waals surface area contributed by atoms with Gasteiger partial charge in [0.2, 0.25) is 12.1 Å². The summed E-state index contributed by atoms with van der Waals surface area (Å²) in [6, 6.07) is 4.85. The van der Waals surface area contributed by atoms with E-state index in [1.807, 2.05) is 19.1 Å². The van der Waals surface area contributed by atoms with Gasteiger partial charge < -0.3 is 44.1 Å². The van der Waals surface area contributed by atoms with Crippen LogP contribution < -0.4 is 14.8 Å². The fourth-order valence-corrected chi connectivity index (χ4v) is 10.3. The van der Waals surface area contributed by atoms with Crippen LogP contribution in [0.2, 0.25) is 0 Å². The van der Waals surface area contributed by atoms with Gasteiger partial charge in [-0.3, -0.25) is 4.90 Å². The molecule has 0 bridgehead atoms. The van der Waals surface area contributed by atoms with E-state index in [0.29, 0.717) is 56.2 Å². The number of hydrogen-bond donors (Lipinski definition) is 3. The van der Waals surface area contributed by atoms with Gasteiger partial charge in [0.05, 0.1) is 32.0 Å². The number of carbonyl (C=O) groups is 2. The van der Waals surface area contributed by atoms with E-state index < -0.39 is 36.2 Å². The Bertz CT molecular complexity index is 1610. The molecule has 1 saturated heterocycles. The summed E-state index contributed by atoms with van der Waals surface area (Å²) in [5.74, 6) is -1.07. The number of methoxy groups -OCH3 is 1. The van der Waals surface area contributed by atoms with Gasteiger partial charge >= 0.3 is 12.2 Å². The van der Waals surface area contributed by atoms with Crippen molar-refractivity contribution in [2.45, 2.75) is 173 Å². The third kappa shape index (κ3) is 13.7. The first-order valence-corrected chi connectivity index (χ1v) is 24.5. The van der Waals surface area contributed by atoms with Gasteiger partial charge in [0.25, 0.3) is 0 Å². The second-order valence-corrected chi connectivity index (χ2v) is 17.8. The van der Waals surface area contributed by atoms with Crippen molar-refractivity contribution in [3.05, 3.63) is 48.1 Å². The minimum atomic E-state index is -1.40. The summed E-state index contributed by atoms with van der Waals surface area (Å²) in [6.45, 7) is 10.1. The number of benzene rings is 1. The molecule has 2 amide bonds. The van der Waals surface area contributed by atoms with E-state index in [9.17, 15) is 19.8 Å². The van der Waals surface area contributed by atoms with Crippen LogP contribution in [-0.2, 0) is 19.0 Å². The highest BCUT2D eigenvalue weighted by atomic mass is 16.8. The fraction of sp³-hybridized carbons (Fsp3) is 0.740. The molecule has 2 heterocycles. The molecule has 5 rings (SSSR count). The largest absolute Gasteiger partial charge is 0.459 e. The smallest absolute Gasteiger partial charge is 0.412 e. The lowest BCUT2D eigenvalue weighted by Gasteiger charge is -2.59. The van der Waals surface area contributed by atoms with Gasteiger partial charge in [-0.25, -0.2) is 9.59 Å². The van der Waals surface area contributed by atoms with E-state index in [1.54, 1.807) is 17.0 Å².